The van der Waals surface area contributed by atoms with Gasteiger partial charge in [0.25, 0.3) is 0 Å². The Morgan fingerprint density at radius 1 is 1.88 bits per heavy atom. The van der Waals surface area contributed by atoms with Crippen LogP contribution in [0.25, 0.3) is 0 Å². The van der Waals surface area contributed by atoms with Crippen LogP contribution in [0.3, 0.4) is 0 Å². The Bertz CT molecular complexity index is 94.7. The number of aliphatic hydroxyl groups excluding tert-OH is 1. The molecule has 0 fully saturated rings. The van der Waals surface area contributed by atoms with Crippen molar-refractivity contribution in [3.8, 4) is 0 Å². The first kappa shape index (κ1) is 7.24. The molecule has 0 spiro atoms. The van der Waals surface area contributed by atoms with E-state index in [0.29, 0.717) is 5.76 Å². The molecule has 46 valence electrons. The molecular weight excluding hydrogens is 104 g/mol. The summed E-state index contributed by atoms with van der Waals surface area (Å²) >= 11 is 0. The van der Waals surface area contributed by atoms with E-state index in [2.05, 4.69) is 6.58 Å². The smallest absolute Gasteiger partial charge is 0.121 e. The van der Waals surface area contributed by atoms with E-state index in [1.807, 2.05) is 6.92 Å². The Labute approximate surface area is 49.1 Å². The Morgan fingerprint density at radius 2 is 2.50 bits per heavy atom. The SMILES string of the molecule is C=C(CO)OC=CC. The van der Waals surface area contributed by atoms with Gasteiger partial charge >= 0.3 is 0 Å². The third kappa shape index (κ3) is 3.43. The lowest BCUT2D eigenvalue weighted by atomic mass is 10.6. The molecular formula is C6H10O2. The average molecular weight is 114 g/mol. The molecule has 0 bridgehead atoms. The van der Waals surface area contributed by atoms with E-state index in [1.165, 1.54) is 6.26 Å². The predicted octanol–water partition coefficient (Wildman–Crippen LogP) is 1.04. The highest BCUT2D eigenvalue weighted by Gasteiger charge is 1.82. The van der Waals surface area contributed by atoms with Crippen LogP contribution in [0.5, 0.6) is 0 Å². The topological polar surface area (TPSA) is 29.5 Å². The highest BCUT2D eigenvalue weighted by Crippen LogP contribution is 1.89. The molecule has 0 aromatic rings. The normalized spacial score (nSPS) is 9.75. The quantitative estimate of drug-likeness (QED) is 0.555. The lowest BCUT2D eigenvalue weighted by Gasteiger charge is -1.96. The van der Waals surface area contributed by atoms with Gasteiger partial charge in [0.1, 0.15) is 12.4 Å². The summed E-state index contributed by atoms with van der Waals surface area (Å²) in [7, 11) is 0. The fourth-order valence-electron chi connectivity index (χ4n) is 0.202. The molecule has 0 rings (SSSR count). The Kier molecular flexibility index (Phi) is 3.98. The number of allylic oxidation sites excluding steroid dienone is 1. The molecule has 0 amide bonds. The van der Waals surface area contributed by atoms with Gasteiger partial charge in [-0.05, 0) is 6.92 Å². The Morgan fingerprint density at radius 3 is 2.88 bits per heavy atom. The number of ether oxygens (including phenoxy) is 1. The number of hydrogen-bond acceptors (Lipinski definition) is 2. The minimum Gasteiger partial charge on any atom is -0.468 e. The van der Waals surface area contributed by atoms with Crippen LogP contribution in [-0.2, 0) is 4.74 Å². The first-order chi connectivity index (χ1) is 3.81. The van der Waals surface area contributed by atoms with E-state index in [9.17, 15) is 0 Å². The molecule has 0 aliphatic rings. The molecule has 0 atom stereocenters. The van der Waals surface area contributed by atoms with Crippen LogP contribution < -0.4 is 0 Å². The van der Waals surface area contributed by atoms with Crippen LogP contribution in [0, 0.1) is 0 Å². The van der Waals surface area contributed by atoms with E-state index < -0.39 is 0 Å². The van der Waals surface area contributed by atoms with Crippen molar-refractivity contribution in [2.45, 2.75) is 6.92 Å². The number of rotatable bonds is 3. The highest BCUT2D eigenvalue weighted by molar-refractivity contribution is 4.84. The Balaban J connectivity index is 3.25. The molecule has 8 heavy (non-hydrogen) atoms. The second kappa shape index (κ2) is 4.40. The van der Waals surface area contributed by atoms with Crippen molar-refractivity contribution in [1.82, 2.24) is 0 Å². The van der Waals surface area contributed by atoms with Crippen LogP contribution in [0.4, 0.5) is 0 Å². The van der Waals surface area contributed by atoms with Crippen LogP contribution in [0.2, 0.25) is 0 Å². The zero-order valence-electron chi connectivity index (χ0n) is 4.92. The molecule has 1 N–H and O–H groups in total. The predicted molar refractivity (Wildman–Crippen MR) is 32.1 cm³/mol. The molecule has 2 heteroatoms. The van der Waals surface area contributed by atoms with Gasteiger partial charge in [-0.15, -0.1) is 0 Å². The van der Waals surface area contributed by atoms with Gasteiger partial charge in [-0.3, -0.25) is 0 Å². The molecule has 0 aromatic heterocycles. The fraction of sp³-hybridized carbons (Fsp3) is 0.333. The van der Waals surface area contributed by atoms with Gasteiger partial charge in [-0.2, -0.15) is 0 Å². The number of hydrogen-bond donors (Lipinski definition) is 1. The van der Waals surface area contributed by atoms with Crippen molar-refractivity contribution in [3.05, 3.63) is 24.7 Å². The zero-order valence-corrected chi connectivity index (χ0v) is 4.92. The molecule has 0 aromatic carbocycles. The zero-order chi connectivity index (χ0) is 6.41. The molecule has 0 radical (unpaired) electrons. The summed E-state index contributed by atoms with van der Waals surface area (Å²) in [5.74, 6) is 0.364. The van der Waals surface area contributed by atoms with Gasteiger partial charge in [0, 0.05) is 0 Å². The van der Waals surface area contributed by atoms with Crippen molar-refractivity contribution >= 4 is 0 Å². The standard InChI is InChI=1S/C6H10O2/c1-3-4-8-6(2)5-7/h3-4,7H,2,5H2,1H3. The molecule has 2 nitrogen and oxygen atoms in total. The first-order valence-electron chi connectivity index (χ1n) is 2.37. The van der Waals surface area contributed by atoms with Crippen molar-refractivity contribution in [2.75, 3.05) is 6.61 Å². The van der Waals surface area contributed by atoms with E-state index in [1.54, 1.807) is 6.08 Å². The van der Waals surface area contributed by atoms with Crippen LogP contribution >= 0.6 is 0 Å². The van der Waals surface area contributed by atoms with Gasteiger partial charge in [0.05, 0.1) is 6.26 Å². The summed E-state index contributed by atoms with van der Waals surface area (Å²) < 4.78 is 4.72. The molecule has 0 heterocycles. The fourth-order valence-corrected chi connectivity index (χ4v) is 0.202. The molecule has 0 unspecified atom stereocenters. The molecule has 0 aliphatic carbocycles. The largest absolute Gasteiger partial charge is 0.468 e. The minimum absolute atomic E-state index is 0.121. The van der Waals surface area contributed by atoms with E-state index in [0.717, 1.165) is 0 Å². The second-order valence-electron chi connectivity index (χ2n) is 1.28. The van der Waals surface area contributed by atoms with Gasteiger partial charge in [-0.1, -0.05) is 12.7 Å². The third-order valence-electron chi connectivity index (χ3n) is 0.547. The van der Waals surface area contributed by atoms with Gasteiger partial charge in [0.2, 0.25) is 0 Å². The van der Waals surface area contributed by atoms with Crippen molar-refractivity contribution in [1.29, 1.82) is 0 Å². The van der Waals surface area contributed by atoms with Crippen LogP contribution in [-0.4, -0.2) is 11.7 Å². The summed E-state index contributed by atoms with van der Waals surface area (Å²) in [4.78, 5) is 0. The van der Waals surface area contributed by atoms with Crippen LogP contribution in [0.15, 0.2) is 24.7 Å². The summed E-state index contributed by atoms with van der Waals surface area (Å²) in [6, 6.07) is 0. The second-order valence-corrected chi connectivity index (χ2v) is 1.28. The summed E-state index contributed by atoms with van der Waals surface area (Å²) in [5, 5.41) is 8.30. The van der Waals surface area contributed by atoms with Gasteiger partial charge in [-0.25, -0.2) is 0 Å². The van der Waals surface area contributed by atoms with Crippen LogP contribution in [0.1, 0.15) is 6.92 Å². The van der Waals surface area contributed by atoms with Crippen molar-refractivity contribution < 1.29 is 9.84 Å². The lowest BCUT2D eigenvalue weighted by molar-refractivity contribution is 0.236. The summed E-state index contributed by atoms with van der Waals surface area (Å²) in [5.41, 5.74) is 0. The molecule has 0 saturated carbocycles. The maximum absolute atomic E-state index is 8.30. The van der Waals surface area contributed by atoms with E-state index in [-0.39, 0.29) is 6.61 Å². The number of aliphatic hydroxyl groups is 1. The van der Waals surface area contributed by atoms with Crippen molar-refractivity contribution in [2.24, 2.45) is 0 Å². The lowest BCUT2D eigenvalue weighted by Crippen LogP contribution is -1.87. The monoisotopic (exact) mass is 114 g/mol. The molecule has 0 saturated heterocycles. The highest BCUT2D eigenvalue weighted by atomic mass is 16.5. The maximum atomic E-state index is 8.30. The van der Waals surface area contributed by atoms with E-state index in [4.69, 9.17) is 9.84 Å². The Hall–Kier alpha value is -0.760. The van der Waals surface area contributed by atoms with E-state index >= 15 is 0 Å². The van der Waals surface area contributed by atoms with Gasteiger partial charge in [0.15, 0.2) is 0 Å². The molecule has 0 aliphatic heterocycles. The first-order valence-corrected chi connectivity index (χ1v) is 2.37. The summed E-state index contributed by atoms with van der Waals surface area (Å²) in [6.45, 7) is 5.09. The maximum Gasteiger partial charge on any atom is 0.121 e. The third-order valence-corrected chi connectivity index (χ3v) is 0.547. The average Bonchev–Trinajstić information content (AvgIpc) is 1.83. The minimum atomic E-state index is -0.121. The summed E-state index contributed by atoms with van der Waals surface area (Å²) in [6.07, 6.45) is 3.19. The van der Waals surface area contributed by atoms with Crippen molar-refractivity contribution in [3.63, 3.8) is 0 Å². The van der Waals surface area contributed by atoms with Gasteiger partial charge < -0.3 is 9.84 Å².